The zero-order valence-electron chi connectivity index (χ0n) is 8.61. The number of allylic oxidation sites excluding steroid dienone is 2. The maximum Gasteiger partial charge on any atom is 0.231 e. The van der Waals surface area contributed by atoms with E-state index >= 15 is 0 Å². The lowest BCUT2D eigenvalue weighted by atomic mass is 9.77. The molecule has 1 rings (SSSR count). The van der Waals surface area contributed by atoms with Crippen LogP contribution in [-0.4, -0.2) is 11.9 Å². The normalized spacial score (nSPS) is 19.6. The maximum absolute atomic E-state index is 11.2. The zero-order valence-corrected chi connectivity index (χ0v) is 9.36. The predicted octanol–water partition coefficient (Wildman–Crippen LogP) is 2.79. The molecule has 0 saturated heterocycles. The van der Waals surface area contributed by atoms with Crippen molar-refractivity contribution in [2.45, 2.75) is 33.6 Å². The van der Waals surface area contributed by atoms with Crippen molar-refractivity contribution < 1.29 is 9.59 Å². The van der Waals surface area contributed by atoms with Crippen molar-refractivity contribution in [3.8, 4) is 0 Å². The molecule has 14 heavy (non-hydrogen) atoms. The smallest absolute Gasteiger partial charge is 0.231 e. The standard InChI is InChI=1S/C9H13ClO.CHNO/c1-6-4-9(2,3)5-7(11)8(6)10;2-1-3/h4-5H2,1-3H3;2H. The number of rotatable bonds is 0. The largest absolute Gasteiger partial charge is 0.293 e. The van der Waals surface area contributed by atoms with Gasteiger partial charge in [-0.1, -0.05) is 31.0 Å². The van der Waals surface area contributed by atoms with Crippen LogP contribution in [0.25, 0.3) is 0 Å². The van der Waals surface area contributed by atoms with E-state index in [-0.39, 0.29) is 11.2 Å². The lowest BCUT2D eigenvalue weighted by Gasteiger charge is -2.28. The van der Waals surface area contributed by atoms with Crippen LogP contribution in [0.1, 0.15) is 33.6 Å². The molecule has 0 fully saturated rings. The van der Waals surface area contributed by atoms with E-state index in [9.17, 15) is 4.79 Å². The Bertz CT molecular complexity index is 299. The van der Waals surface area contributed by atoms with Gasteiger partial charge in [-0.2, -0.15) is 0 Å². The van der Waals surface area contributed by atoms with Crippen molar-refractivity contribution in [1.82, 2.24) is 0 Å². The van der Waals surface area contributed by atoms with Gasteiger partial charge in [0.2, 0.25) is 6.08 Å². The minimum absolute atomic E-state index is 0.0976. The van der Waals surface area contributed by atoms with Crippen molar-refractivity contribution in [1.29, 1.82) is 5.41 Å². The number of ketones is 1. The van der Waals surface area contributed by atoms with E-state index in [4.69, 9.17) is 21.8 Å². The van der Waals surface area contributed by atoms with E-state index in [0.717, 1.165) is 18.1 Å². The van der Waals surface area contributed by atoms with Crippen LogP contribution in [0.5, 0.6) is 0 Å². The van der Waals surface area contributed by atoms with Gasteiger partial charge in [0, 0.05) is 6.42 Å². The van der Waals surface area contributed by atoms with Gasteiger partial charge in [0.15, 0.2) is 5.78 Å². The highest BCUT2D eigenvalue weighted by atomic mass is 35.5. The summed E-state index contributed by atoms with van der Waals surface area (Å²) in [6.45, 7) is 6.12. The molecule has 0 unspecified atom stereocenters. The Morgan fingerprint density at radius 3 is 2.21 bits per heavy atom. The molecular weight excluding hydrogens is 202 g/mol. The highest BCUT2D eigenvalue weighted by Crippen LogP contribution is 2.37. The number of carbonyl (C=O) groups is 1. The van der Waals surface area contributed by atoms with E-state index in [1.54, 1.807) is 0 Å². The number of nitrogens with one attached hydrogen (secondary N) is 1. The summed E-state index contributed by atoms with van der Waals surface area (Å²) >= 11 is 5.77. The molecule has 0 radical (unpaired) electrons. The van der Waals surface area contributed by atoms with Gasteiger partial charge in [0.05, 0.1) is 5.03 Å². The summed E-state index contributed by atoms with van der Waals surface area (Å²) in [5, 5.41) is 5.87. The van der Waals surface area contributed by atoms with Crippen LogP contribution in [-0.2, 0) is 9.59 Å². The van der Waals surface area contributed by atoms with Crippen LogP contribution in [0.4, 0.5) is 0 Å². The zero-order chi connectivity index (χ0) is 11.4. The summed E-state index contributed by atoms with van der Waals surface area (Å²) < 4.78 is 0. The fourth-order valence-corrected chi connectivity index (χ4v) is 1.74. The Morgan fingerprint density at radius 2 is 1.86 bits per heavy atom. The third-order valence-electron chi connectivity index (χ3n) is 2.00. The van der Waals surface area contributed by atoms with Crippen LogP contribution in [0.2, 0.25) is 0 Å². The molecule has 0 aromatic heterocycles. The number of halogens is 1. The second-order valence-electron chi connectivity index (χ2n) is 4.14. The molecule has 0 bridgehead atoms. The fraction of sp³-hybridized carbons (Fsp3) is 0.600. The fourth-order valence-electron chi connectivity index (χ4n) is 1.61. The lowest BCUT2D eigenvalue weighted by Crippen LogP contribution is -2.23. The van der Waals surface area contributed by atoms with E-state index in [1.165, 1.54) is 0 Å². The van der Waals surface area contributed by atoms with Gasteiger partial charge in [0.25, 0.3) is 0 Å². The number of carbonyl (C=O) groups excluding carboxylic acids is 2. The quantitative estimate of drug-likeness (QED) is 0.499. The van der Waals surface area contributed by atoms with Gasteiger partial charge in [-0.3, -0.25) is 4.79 Å². The summed E-state index contributed by atoms with van der Waals surface area (Å²) in [6, 6.07) is 0. The van der Waals surface area contributed by atoms with Crippen molar-refractivity contribution >= 4 is 23.5 Å². The Kier molecular flexibility index (Phi) is 4.75. The lowest BCUT2D eigenvalue weighted by molar-refractivity contribution is -0.117. The molecule has 0 spiro atoms. The highest BCUT2D eigenvalue weighted by Gasteiger charge is 2.29. The van der Waals surface area contributed by atoms with Gasteiger partial charge in [-0.15, -0.1) is 0 Å². The molecule has 0 heterocycles. The minimum Gasteiger partial charge on any atom is -0.293 e. The van der Waals surface area contributed by atoms with Crippen molar-refractivity contribution in [2.24, 2.45) is 5.41 Å². The molecule has 0 saturated carbocycles. The van der Waals surface area contributed by atoms with E-state index < -0.39 is 0 Å². The topological polar surface area (TPSA) is 58.0 Å². The molecular formula is C10H14ClNO2. The molecule has 0 aromatic rings. The first-order valence-corrected chi connectivity index (χ1v) is 4.64. The van der Waals surface area contributed by atoms with Gasteiger partial charge < -0.3 is 0 Å². The summed E-state index contributed by atoms with van der Waals surface area (Å²) in [6.07, 6.45) is 2.28. The minimum atomic E-state index is 0.0976. The first kappa shape index (κ1) is 13.1. The van der Waals surface area contributed by atoms with Gasteiger partial charge in [-0.05, 0) is 18.8 Å². The predicted molar refractivity (Wildman–Crippen MR) is 55.0 cm³/mol. The Labute approximate surface area is 88.6 Å². The Balaban J connectivity index is 0.000000500. The average molecular weight is 216 g/mol. The molecule has 78 valence electrons. The Hall–Kier alpha value is -0.920. The average Bonchev–Trinajstić information content (AvgIpc) is 2.00. The van der Waals surface area contributed by atoms with Crippen LogP contribution in [0, 0.1) is 10.8 Å². The molecule has 0 amide bonds. The summed E-state index contributed by atoms with van der Waals surface area (Å²) in [7, 11) is 0. The molecule has 1 aliphatic carbocycles. The maximum atomic E-state index is 11.2. The third-order valence-corrected chi connectivity index (χ3v) is 2.54. The van der Waals surface area contributed by atoms with Crippen LogP contribution >= 0.6 is 11.6 Å². The van der Waals surface area contributed by atoms with Crippen molar-refractivity contribution in [3.63, 3.8) is 0 Å². The third kappa shape index (κ3) is 3.86. The molecule has 0 atom stereocenters. The van der Waals surface area contributed by atoms with Gasteiger partial charge in [0.1, 0.15) is 0 Å². The SMILES string of the molecule is CC1=C(Cl)C(=O)CC(C)(C)C1.N=C=O. The summed E-state index contributed by atoms with van der Waals surface area (Å²) in [4.78, 5) is 19.6. The van der Waals surface area contributed by atoms with Crippen LogP contribution in [0.3, 0.4) is 0 Å². The van der Waals surface area contributed by atoms with Gasteiger partial charge >= 0.3 is 0 Å². The number of hydrogen-bond acceptors (Lipinski definition) is 3. The Morgan fingerprint density at radius 1 is 1.43 bits per heavy atom. The van der Waals surface area contributed by atoms with Crippen LogP contribution in [0.15, 0.2) is 10.6 Å². The number of Topliss-reactive ketones (excluding diaryl/α,β-unsaturated/α-hetero) is 1. The van der Waals surface area contributed by atoms with E-state index in [0.29, 0.717) is 11.5 Å². The van der Waals surface area contributed by atoms with E-state index in [1.807, 2.05) is 6.92 Å². The second kappa shape index (κ2) is 5.08. The van der Waals surface area contributed by atoms with E-state index in [2.05, 4.69) is 13.8 Å². The highest BCUT2D eigenvalue weighted by molar-refractivity contribution is 6.43. The molecule has 1 N–H and O–H groups in total. The van der Waals surface area contributed by atoms with Crippen molar-refractivity contribution in [2.75, 3.05) is 0 Å². The first-order chi connectivity index (χ1) is 6.34. The summed E-state index contributed by atoms with van der Waals surface area (Å²) in [5.74, 6) is 0.0976. The summed E-state index contributed by atoms with van der Waals surface area (Å²) in [5.41, 5.74) is 1.15. The van der Waals surface area contributed by atoms with Crippen LogP contribution < -0.4 is 0 Å². The number of isocyanates is 1. The molecule has 1 aliphatic rings. The molecule has 3 nitrogen and oxygen atoms in total. The first-order valence-electron chi connectivity index (χ1n) is 4.26. The monoisotopic (exact) mass is 215 g/mol. The molecule has 0 aromatic carbocycles. The second-order valence-corrected chi connectivity index (χ2v) is 4.52. The number of hydrogen-bond donors (Lipinski definition) is 1. The van der Waals surface area contributed by atoms with Crippen molar-refractivity contribution in [3.05, 3.63) is 10.6 Å². The van der Waals surface area contributed by atoms with Gasteiger partial charge in [-0.25, -0.2) is 10.2 Å². The molecule has 0 aliphatic heterocycles. The molecule has 4 heteroatoms.